The number of allylic oxidation sites excluding steroid dienone is 1. The smallest absolute Gasteiger partial charge is 0.231 e. The largest absolute Gasteiger partial charge is 0.488 e. The van der Waals surface area contributed by atoms with Gasteiger partial charge in [0.15, 0.2) is 5.76 Å². The van der Waals surface area contributed by atoms with E-state index in [0.29, 0.717) is 23.7 Å². The maximum absolute atomic E-state index is 13.0. The predicted molar refractivity (Wildman–Crippen MR) is 123 cm³/mol. The number of hydrogen-bond donors (Lipinski definition) is 0. The number of carbonyl (C=O) groups is 1. The molecule has 1 aliphatic rings. The first-order chi connectivity index (χ1) is 15.0. The van der Waals surface area contributed by atoms with Crippen LogP contribution in [0.5, 0.6) is 11.5 Å². The monoisotopic (exact) mass is 409 g/mol. The van der Waals surface area contributed by atoms with Crippen LogP contribution in [0.15, 0.2) is 72.6 Å². The third-order valence-corrected chi connectivity index (χ3v) is 5.90. The lowest BCUT2D eigenvalue weighted by Crippen LogP contribution is -2.00. The van der Waals surface area contributed by atoms with Crippen LogP contribution in [0.25, 0.3) is 17.0 Å². The van der Waals surface area contributed by atoms with Crippen molar-refractivity contribution in [3.63, 3.8) is 0 Å². The summed E-state index contributed by atoms with van der Waals surface area (Å²) in [6, 6.07) is 19.9. The molecule has 5 rings (SSSR count). The molecule has 0 saturated carbocycles. The lowest BCUT2D eigenvalue weighted by molar-refractivity contribution is 0.101. The third kappa shape index (κ3) is 3.30. The van der Waals surface area contributed by atoms with Crippen molar-refractivity contribution in [2.45, 2.75) is 20.5 Å². The van der Waals surface area contributed by atoms with Gasteiger partial charge in [-0.05, 0) is 49.2 Å². The molecule has 2 heterocycles. The molecule has 0 aliphatic carbocycles. The maximum atomic E-state index is 13.0. The zero-order valence-corrected chi connectivity index (χ0v) is 17.8. The first-order valence-corrected chi connectivity index (χ1v) is 10.3. The van der Waals surface area contributed by atoms with E-state index in [1.54, 1.807) is 6.07 Å². The average molecular weight is 409 g/mol. The minimum Gasteiger partial charge on any atom is -0.488 e. The molecule has 1 aromatic heterocycles. The molecular weight excluding hydrogens is 386 g/mol. The van der Waals surface area contributed by atoms with E-state index in [2.05, 4.69) is 35.8 Å². The van der Waals surface area contributed by atoms with E-state index in [1.165, 1.54) is 5.56 Å². The van der Waals surface area contributed by atoms with Crippen LogP contribution in [0, 0.1) is 13.8 Å². The highest BCUT2D eigenvalue weighted by atomic mass is 16.5. The molecule has 4 aromatic rings. The summed E-state index contributed by atoms with van der Waals surface area (Å²) in [6.45, 7) is 4.47. The number of ether oxygens (including phenoxy) is 2. The number of para-hydroxylation sites is 1. The maximum Gasteiger partial charge on any atom is 0.231 e. The Kier molecular flexibility index (Phi) is 4.63. The molecule has 0 amide bonds. The fourth-order valence-electron chi connectivity index (χ4n) is 4.08. The van der Waals surface area contributed by atoms with Crippen LogP contribution in [-0.4, -0.2) is 10.4 Å². The highest BCUT2D eigenvalue weighted by Gasteiger charge is 2.30. The Morgan fingerprint density at radius 2 is 1.77 bits per heavy atom. The minimum absolute atomic E-state index is 0.100. The summed E-state index contributed by atoms with van der Waals surface area (Å²) in [7, 11) is 2.00. The van der Waals surface area contributed by atoms with Crippen molar-refractivity contribution in [2.75, 3.05) is 0 Å². The van der Waals surface area contributed by atoms with E-state index in [9.17, 15) is 4.79 Å². The molecule has 0 radical (unpaired) electrons. The molecule has 31 heavy (non-hydrogen) atoms. The van der Waals surface area contributed by atoms with Crippen molar-refractivity contribution < 1.29 is 14.3 Å². The van der Waals surface area contributed by atoms with Crippen LogP contribution >= 0.6 is 0 Å². The Balaban J connectivity index is 1.45. The average Bonchev–Trinajstić information content (AvgIpc) is 3.27. The Morgan fingerprint density at radius 1 is 1.00 bits per heavy atom. The molecule has 0 atom stereocenters. The van der Waals surface area contributed by atoms with Gasteiger partial charge in [-0.15, -0.1) is 0 Å². The van der Waals surface area contributed by atoms with Crippen molar-refractivity contribution in [2.24, 2.45) is 7.05 Å². The van der Waals surface area contributed by atoms with Gasteiger partial charge in [-0.2, -0.15) is 0 Å². The topological polar surface area (TPSA) is 40.5 Å². The Bertz CT molecular complexity index is 1360. The molecule has 154 valence electrons. The SMILES string of the molecule is Cc1ccccc1COc1ccc2c(c1C)O/C(=C\c1cn(C)c3ccccc13)C2=O. The predicted octanol–water partition coefficient (Wildman–Crippen LogP) is 5.99. The highest BCUT2D eigenvalue weighted by molar-refractivity contribution is 6.15. The lowest BCUT2D eigenvalue weighted by Gasteiger charge is -2.12. The van der Waals surface area contributed by atoms with Crippen molar-refractivity contribution in [1.29, 1.82) is 0 Å². The molecule has 1 aliphatic heterocycles. The number of carbonyl (C=O) groups excluding carboxylic acids is 1. The number of nitrogens with zero attached hydrogens (tertiary/aromatic N) is 1. The molecule has 0 fully saturated rings. The van der Waals surface area contributed by atoms with Gasteiger partial charge in [0.05, 0.1) is 5.56 Å². The number of aryl methyl sites for hydroxylation is 2. The van der Waals surface area contributed by atoms with Crippen molar-refractivity contribution >= 4 is 22.8 Å². The van der Waals surface area contributed by atoms with Gasteiger partial charge < -0.3 is 14.0 Å². The molecule has 0 bridgehead atoms. The first-order valence-electron chi connectivity index (χ1n) is 10.3. The summed E-state index contributed by atoms with van der Waals surface area (Å²) in [5, 5.41) is 1.09. The lowest BCUT2D eigenvalue weighted by atomic mass is 10.1. The number of ketones is 1. The molecule has 4 nitrogen and oxygen atoms in total. The normalized spacial score (nSPS) is 14.2. The van der Waals surface area contributed by atoms with Crippen LogP contribution < -0.4 is 9.47 Å². The number of benzene rings is 3. The molecule has 0 spiro atoms. The third-order valence-electron chi connectivity index (χ3n) is 5.90. The van der Waals surface area contributed by atoms with Crippen LogP contribution in [0.1, 0.15) is 32.6 Å². The number of rotatable bonds is 4. The molecule has 0 saturated heterocycles. The number of Topliss-reactive ketones (excluding diaryl/α,β-unsaturated/α-hetero) is 1. The molecule has 0 unspecified atom stereocenters. The van der Waals surface area contributed by atoms with Gasteiger partial charge in [0.1, 0.15) is 18.1 Å². The van der Waals surface area contributed by atoms with Crippen LogP contribution in [-0.2, 0) is 13.7 Å². The summed E-state index contributed by atoms with van der Waals surface area (Å²) < 4.78 is 14.2. The van der Waals surface area contributed by atoms with E-state index in [-0.39, 0.29) is 5.78 Å². The van der Waals surface area contributed by atoms with Crippen LogP contribution in [0.2, 0.25) is 0 Å². The number of hydrogen-bond acceptors (Lipinski definition) is 3. The van der Waals surface area contributed by atoms with Gasteiger partial charge in [-0.3, -0.25) is 4.79 Å². The second-order valence-corrected chi connectivity index (χ2v) is 7.93. The summed E-state index contributed by atoms with van der Waals surface area (Å²) in [5.41, 5.74) is 5.81. The van der Waals surface area contributed by atoms with Gasteiger partial charge in [-0.25, -0.2) is 0 Å². The second-order valence-electron chi connectivity index (χ2n) is 7.93. The first kappa shape index (κ1) is 19.2. The van der Waals surface area contributed by atoms with Gasteiger partial charge >= 0.3 is 0 Å². The Morgan fingerprint density at radius 3 is 2.61 bits per heavy atom. The second kappa shape index (κ2) is 7.47. The van der Waals surface area contributed by atoms with Crippen molar-refractivity contribution in [3.8, 4) is 11.5 Å². The molecule has 3 aromatic carbocycles. The summed E-state index contributed by atoms with van der Waals surface area (Å²) in [6.07, 6.45) is 3.85. The highest BCUT2D eigenvalue weighted by Crippen LogP contribution is 2.40. The van der Waals surface area contributed by atoms with Gasteiger partial charge in [-0.1, -0.05) is 42.5 Å². The molecule has 4 heteroatoms. The van der Waals surface area contributed by atoms with E-state index < -0.39 is 0 Å². The fraction of sp³-hybridized carbons (Fsp3) is 0.148. The van der Waals surface area contributed by atoms with Crippen molar-refractivity contribution in [3.05, 3.63) is 100 Å². The van der Waals surface area contributed by atoms with E-state index in [1.807, 2.05) is 56.6 Å². The van der Waals surface area contributed by atoms with Crippen LogP contribution in [0.3, 0.4) is 0 Å². The standard InChI is InChI=1S/C27H23NO3/c1-17-8-4-5-9-19(17)16-30-24-13-12-22-26(29)25(31-27(22)18(24)2)14-20-15-28(3)23-11-7-6-10-21(20)23/h4-15H,16H2,1-3H3/b25-14-. The molecule has 0 N–H and O–H groups in total. The van der Waals surface area contributed by atoms with Crippen molar-refractivity contribution in [1.82, 2.24) is 4.57 Å². The zero-order valence-electron chi connectivity index (χ0n) is 17.8. The van der Waals surface area contributed by atoms with E-state index in [0.717, 1.165) is 33.3 Å². The minimum atomic E-state index is -0.100. The van der Waals surface area contributed by atoms with Crippen LogP contribution in [0.4, 0.5) is 0 Å². The zero-order chi connectivity index (χ0) is 21.5. The Labute approximate surface area is 181 Å². The van der Waals surface area contributed by atoms with E-state index >= 15 is 0 Å². The Hall–Kier alpha value is -3.79. The quantitative estimate of drug-likeness (QED) is 0.389. The number of aromatic nitrogens is 1. The summed E-state index contributed by atoms with van der Waals surface area (Å²) in [5.74, 6) is 1.54. The summed E-state index contributed by atoms with van der Waals surface area (Å²) in [4.78, 5) is 13.0. The number of fused-ring (bicyclic) bond motifs is 2. The summed E-state index contributed by atoms with van der Waals surface area (Å²) >= 11 is 0. The molecular formula is C27H23NO3. The fourth-order valence-corrected chi connectivity index (χ4v) is 4.08. The van der Waals surface area contributed by atoms with Gasteiger partial charge in [0, 0.05) is 35.3 Å². The van der Waals surface area contributed by atoms with Gasteiger partial charge in [0.2, 0.25) is 5.78 Å². The van der Waals surface area contributed by atoms with Gasteiger partial charge in [0.25, 0.3) is 0 Å². The van der Waals surface area contributed by atoms with E-state index in [4.69, 9.17) is 9.47 Å².